The van der Waals surface area contributed by atoms with E-state index in [1.54, 1.807) is 0 Å². The highest BCUT2D eigenvalue weighted by molar-refractivity contribution is 6.30. The Labute approximate surface area is 150 Å². The lowest BCUT2D eigenvalue weighted by Gasteiger charge is -2.10. The van der Waals surface area contributed by atoms with Crippen LogP contribution in [-0.4, -0.2) is 19.9 Å². The molecule has 3 aromatic rings. The summed E-state index contributed by atoms with van der Waals surface area (Å²) in [6, 6.07) is 5.80. The smallest absolute Gasteiger partial charge is 0.332 e. The molecule has 2 N–H and O–H groups in total. The van der Waals surface area contributed by atoms with E-state index in [2.05, 4.69) is 25.6 Å². The molecule has 0 fully saturated rings. The second kappa shape index (κ2) is 7.23. The number of aromatic nitrogens is 3. The maximum absolute atomic E-state index is 13.8. The van der Waals surface area contributed by atoms with Gasteiger partial charge in [-0.25, -0.2) is 23.7 Å². The Morgan fingerprint density at radius 2 is 1.77 bits per heavy atom. The fourth-order valence-electron chi connectivity index (χ4n) is 2.02. The van der Waals surface area contributed by atoms with E-state index in [0.717, 1.165) is 18.5 Å². The van der Waals surface area contributed by atoms with Gasteiger partial charge in [-0.2, -0.15) is 0 Å². The third-order valence-corrected chi connectivity index (χ3v) is 3.39. The van der Waals surface area contributed by atoms with E-state index >= 15 is 0 Å². The topological polar surface area (TPSA) is 106 Å². The first kappa shape index (κ1) is 17.4. The van der Waals surface area contributed by atoms with Crippen LogP contribution in [-0.2, 0) is 0 Å². The van der Waals surface area contributed by atoms with Crippen molar-refractivity contribution in [1.82, 2.24) is 15.0 Å². The van der Waals surface area contributed by atoms with Crippen LogP contribution in [0.4, 0.5) is 37.6 Å². The Bertz CT molecular complexity index is 971. The monoisotopic (exact) mass is 378 g/mol. The van der Waals surface area contributed by atoms with Gasteiger partial charge in [-0.05, 0) is 24.3 Å². The van der Waals surface area contributed by atoms with E-state index in [4.69, 9.17) is 11.6 Å². The molecule has 11 heteroatoms. The highest BCUT2D eigenvalue weighted by Gasteiger charge is 2.24. The molecule has 0 spiro atoms. The van der Waals surface area contributed by atoms with Gasteiger partial charge in [0.05, 0.1) is 15.6 Å². The van der Waals surface area contributed by atoms with Crippen LogP contribution in [0.2, 0.25) is 5.02 Å². The standard InChI is InChI=1S/C15H9ClF2N6O2/c16-8-1-4-12(19-6-8)23-15-13(24(25)26)14(20-7-21-15)22-11-3-2-9(17)5-10(11)18/h1-7H,(H2,19,20,21,22,23). The van der Waals surface area contributed by atoms with Crippen molar-refractivity contribution in [1.29, 1.82) is 0 Å². The summed E-state index contributed by atoms with van der Waals surface area (Å²) in [7, 11) is 0. The lowest BCUT2D eigenvalue weighted by atomic mass is 10.3. The number of benzene rings is 1. The third-order valence-electron chi connectivity index (χ3n) is 3.16. The van der Waals surface area contributed by atoms with E-state index in [-0.39, 0.29) is 23.1 Å². The Kier molecular flexibility index (Phi) is 4.85. The predicted molar refractivity (Wildman–Crippen MR) is 90.9 cm³/mol. The molecule has 132 valence electrons. The van der Waals surface area contributed by atoms with E-state index in [1.165, 1.54) is 18.3 Å². The number of halogens is 3. The van der Waals surface area contributed by atoms with Gasteiger partial charge in [-0.1, -0.05) is 11.6 Å². The molecule has 2 heterocycles. The van der Waals surface area contributed by atoms with E-state index in [1.807, 2.05) is 0 Å². The summed E-state index contributed by atoms with van der Waals surface area (Å²) >= 11 is 5.74. The van der Waals surface area contributed by atoms with Crippen LogP contribution in [0.3, 0.4) is 0 Å². The number of anilines is 4. The van der Waals surface area contributed by atoms with Gasteiger partial charge in [0.25, 0.3) is 0 Å². The van der Waals surface area contributed by atoms with E-state index in [9.17, 15) is 18.9 Å². The van der Waals surface area contributed by atoms with Crippen molar-refractivity contribution < 1.29 is 13.7 Å². The molecule has 0 bridgehead atoms. The fraction of sp³-hybridized carbons (Fsp3) is 0. The normalized spacial score (nSPS) is 10.4. The number of nitrogens with one attached hydrogen (secondary N) is 2. The summed E-state index contributed by atoms with van der Waals surface area (Å²) in [4.78, 5) is 22.3. The van der Waals surface area contributed by atoms with Gasteiger partial charge in [0.1, 0.15) is 23.8 Å². The van der Waals surface area contributed by atoms with Crippen molar-refractivity contribution >= 4 is 40.4 Å². The molecule has 0 unspecified atom stereocenters. The number of hydrogen-bond acceptors (Lipinski definition) is 7. The average molecular weight is 379 g/mol. The molecule has 0 aliphatic heterocycles. The molecule has 0 saturated heterocycles. The van der Waals surface area contributed by atoms with E-state index in [0.29, 0.717) is 11.1 Å². The summed E-state index contributed by atoms with van der Waals surface area (Å²) in [5, 5.41) is 17.0. The first-order valence-electron chi connectivity index (χ1n) is 7.04. The highest BCUT2D eigenvalue weighted by atomic mass is 35.5. The summed E-state index contributed by atoms with van der Waals surface area (Å²) in [6.07, 6.45) is 2.40. The summed E-state index contributed by atoms with van der Waals surface area (Å²) in [5.41, 5.74) is -0.711. The molecule has 8 nitrogen and oxygen atoms in total. The molecule has 26 heavy (non-hydrogen) atoms. The zero-order valence-corrected chi connectivity index (χ0v) is 13.5. The van der Waals surface area contributed by atoms with Crippen LogP contribution in [0.25, 0.3) is 0 Å². The first-order chi connectivity index (χ1) is 12.4. The van der Waals surface area contributed by atoms with Crippen LogP contribution in [0.5, 0.6) is 0 Å². The molecule has 0 aliphatic rings. The third kappa shape index (κ3) is 3.81. The molecule has 0 saturated carbocycles. The molecular formula is C15H9ClF2N6O2. The molecule has 2 aromatic heterocycles. The van der Waals surface area contributed by atoms with Crippen molar-refractivity contribution in [2.24, 2.45) is 0 Å². The molecule has 1 aromatic carbocycles. The fourth-order valence-corrected chi connectivity index (χ4v) is 2.14. The van der Waals surface area contributed by atoms with Gasteiger partial charge < -0.3 is 10.6 Å². The van der Waals surface area contributed by atoms with Gasteiger partial charge >= 0.3 is 5.69 Å². The Morgan fingerprint density at radius 3 is 2.38 bits per heavy atom. The van der Waals surface area contributed by atoms with Gasteiger partial charge in [0.15, 0.2) is 0 Å². The second-order valence-corrected chi connectivity index (χ2v) is 5.35. The zero-order chi connectivity index (χ0) is 18.7. The molecule has 0 aliphatic carbocycles. The number of nitro groups is 1. The Morgan fingerprint density at radius 1 is 1.04 bits per heavy atom. The first-order valence-corrected chi connectivity index (χ1v) is 7.42. The number of hydrogen-bond donors (Lipinski definition) is 2. The molecule has 0 amide bonds. The minimum absolute atomic E-state index is 0.162. The quantitative estimate of drug-likeness (QED) is 0.506. The average Bonchev–Trinajstić information content (AvgIpc) is 2.59. The maximum Gasteiger partial charge on any atom is 0.353 e. The van der Waals surface area contributed by atoms with Crippen molar-refractivity contribution in [2.45, 2.75) is 0 Å². The minimum atomic E-state index is -0.924. The SMILES string of the molecule is O=[N+]([O-])c1c(Nc2ccc(Cl)cn2)ncnc1Nc1ccc(F)cc1F. The van der Waals surface area contributed by atoms with Gasteiger partial charge in [0.2, 0.25) is 11.6 Å². The summed E-state index contributed by atoms with van der Waals surface area (Å²) in [6.45, 7) is 0. The Hall–Kier alpha value is -3.40. The molecule has 0 radical (unpaired) electrons. The van der Waals surface area contributed by atoms with Crippen LogP contribution in [0, 0.1) is 21.7 Å². The minimum Gasteiger partial charge on any atom is -0.332 e. The molecular weight excluding hydrogens is 370 g/mol. The molecule has 0 atom stereocenters. The number of nitrogens with zero attached hydrogens (tertiary/aromatic N) is 4. The maximum atomic E-state index is 13.8. The van der Waals surface area contributed by atoms with Crippen molar-refractivity contribution in [2.75, 3.05) is 10.6 Å². The highest BCUT2D eigenvalue weighted by Crippen LogP contribution is 2.33. The second-order valence-electron chi connectivity index (χ2n) is 4.91. The van der Waals surface area contributed by atoms with Gasteiger partial charge in [0, 0.05) is 12.3 Å². The number of rotatable bonds is 5. The molecule has 3 rings (SSSR count). The van der Waals surface area contributed by atoms with Crippen molar-refractivity contribution in [3.8, 4) is 0 Å². The summed E-state index contributed by atoms with van der Waals surface area (Å²) < 4.78 is 26.8. The lowest BCUT2D eigenvalue weighted by molar-refractivity contribution is -0.383. The lowest BCUT2D eigenvalue weighted by Crippen LogP contribution is -2.06. The number of pyridine rings is 1. The van der Waals surface area contributed by atoms with Gasteiger partial charge in [-0.3, -0.25) is 10.1 Å². The van der Waals surface area contributed by atoms with E-state index < -0.39 is 22.2 Å². The van der Waals surface area contributed by atoms with Crippen LogP contribution in [0.15, 0.2) is 42.9 Å². The predicted octanol–water partition coefficient (Wildman–Crippen LogP) is 4.20. The van der Waals surface area contributed by atoms with Crippen LogP contribution in [0.1, 0.15) is 0 Å². The van der Waals surface area contributed by atoms with Crippen molar-refractivity contribution in [3.63, 3.8) is 0 Å². The largest absolute Gasteiger partial charge is 0.353 e. The summed E-state index contributed by atoms with van der Waals surface area (Å²) in [5.74, 6) is -1.87. The Balaban J connectivity index is 1.98. The van der Waals surface area contributed by atoms with Crippen molar-refractivity contribution in [3.05, 3.63) is 69.6 Å². The zero-order valence-electron chi connectivity index (χ0n) is 12.8. The van der Waals surface area contributed by atoms with Crippen LogP contribution < -0.4 is 10.6 Å². The van der Waals surface area contributed by atoms with Crippen LogP contribution >= 0.6 is 11.6 Å². The van der Waals surface area contributed by atoms with Gasteiger partial charge in [-0.15, -0.1) is 0 Å².